The Morgan fingerprint density at radius 3 is 1.38 bits per heavy atom. The summed E-state index contributed by atoms with van der Waals surface area (Å²) in [5.74, 6) is -4.15. The summed E-state index contributed by atoms with van der Waals surface area (Å²) in [6, 6.07) is 2.51. The number of nitrogens with zero attached hydrogens (tertiary/aromatic N) is 1. The van der Waals surface area contributed by atoms with Gasteiger partial charge in [-0.15, -0.1) is 0 Å². The summed E-state index contributed by atoms with van der Waals surface area (Å²) in [4.78, 5) is 35.1. The van der Waals surface area contributed by atoms with Crippen LogP contribution in [0.4, 0.5) is 0 Å². The molecular weight excluding hydrogens is 263 g/mol. The Balaban J connectivity index is -0.00000108. The smallest absolute Gasteiger partial charge is 0.550 e. The Morgan fingerprint density at radius 1 is 0.762 bits per heavy atom. The van der Waals surface area contributed by atoms with E-state index in [1.165, 1.54) is 12.1 Å². The molecule has 0 fully saturated rings. The Bertz CT molecular complexity index is 425. The van der Waals surface area contributed by atoms with Gasteiger partial charge in [-0.2, -0.15) is 0 Å². The van der Waals surface area contributed by atoms with Crippen molar-refractivity contribution in [1.82, 2.24) is 4.98 Å². The van der Waals surface area contributed by atoms with Gasteiger partial charge >= 0.3 is 56.6 Å². The maximum absolute atomic E-state index is 10.4. The molecule has 0 aliphatic heterocycles. The van der Waals surface area contributed by atoms with Gasteiger partial charge in [0.2, 0.25) is 0 Å². The predicted molar refractivity (Wildman–Crippen MR) is 50.4 cm³/mol. The van der Waals surface area contributed by atoms with Crippen molar-refractivity contribution in [1.29, 1.82) is 0 Å². The first-order valence-corrected chi connectivity index (χ1v) is 4.95. The number of pyridine rings is 1. The van der Waals surface area contributed by atoms with Crippen LogP contribution < -0.4 is 71.9 Å². The Kier molecular flexibility index (Phi) is 14.4. The molecule has 0 amide bonds. The molecule has 0 atom stereocenters. The van der Waals surface area contributed by atoms with Crippen molar-refractivity contribution < 1.29 is 86.3 Å². The third-order valence-electron chi connectivity index (χ3n) is 1.99. The van der Waals surface area contributed by atoms with Crippen LogP contribution in [0, 0.1) is 0 Å². The molecule has 1 aromatic heterocycles. The number of aromatic nitrogens is 1. The minimum Gasteiger partial charge on any atom is -0.550 e. The summed E-state index contributed by atoms with van der Waals surface area (Å²) in [5.41, 5.74) is 0.285. The van der Waals surface area contributed by atoms with E-state index in [9.17, 15) is 29.7 Å². The molecule has 0 aliphatic carbocycles. The zero-order valence-corrected chi connectivity index (χ0v) is 12.2. The van der Waals surface area contributed by atoms with Crippen LogP contribution in [0.2, 0.25) is 0 Å². The fourth-order valence-corrected chi connectivity index (χ4v) is 1.46. The van der Waals surface area contributed by atoms with Gasteiger partial charge in [0.25, 0.3) is 0 Å². The number of carboxylic acid groups (broad SMARTS) is 3. The van der Waals surface area contributed by atoms with Gasteiger partial charge in [-0.05, 0) is 17.7 Å². The zero-order valence-electron chi connectivity index (χ0n) is 12.2. The van der Waals surface area contributed by atoms with Crippen LogP contribution >= 0.6 is 0 Å². The van der Waals surface area contributed by atoms with Crippen LogP contribution in [-0.4, -0.2) is 22.9 Å². The molecule has 0 saturated heterocycles. The molecule has 1 rings (SSSR count). The van der Waals surface area contributed by atoms with Gasteiger partial charge < -0.3 is 29.7 Å². The van der Waals surface area contributed by atoms with Crippen LogP contribution in [-0.2, 0) is 33.6 Å². The fourth-order valence-electron chi connectivity index (χ4n) is 1.46. The second-order valence-electron chi connectivity index (χ2n) is 3.60. The van der Waals surface area contributed by atoms with Crippen molar-refractivity contribution >= 4 is 17.9 Å². The van der Waals surface area contributed by atoms with Crippen LogP contribution in [0.15, 0.2) is 12.1 Å². The summed E-state index contributed by atoms with van der Waals surface area (Å²) in [6.07, 6.45) is -1.51. The van der Waals surface area contributed by atoms with Gasteiger partial charge in [0, 0.05) is 48.6 Å². The molecule has 21 heavy (non-hydrogen) atoms. The molecule has 0 aromatic carbocycles. The van der Waals surface area contributed by atoms with Crippen molar-refractivity contribution in [2.75, 3.05) is 0 Å². The Hall–Kier alpha value is -0.648. The van der Waals surface area contributed by atoms with E-state index in [0.29, 0.717) is 0 Å². The molecule has 0 N–H and O–H groups in total. The van der Waals surface area contributed by atoms with Crippen molar-refractivity contribution in [2.24, 2.45) is 0 Å². The molecule has 0 unspecified atom stereocenters. The number of carbonyl (C=O) groups is 3. The standard InChI is InChI=1S/C11H11NO6.3Li/c13-9(14)3-6-1-7(4-10(15)16)12-8(2-6)5-11(17)18;;;/h1-2H,3-5H2,(H,13,14)(H,15,16)(H,17,18);;;/q;3*+1/p-3. The summed E-state index contributed by atoms with van der Waals surface area (Å²) >= 11 is 0. The number of hydrogen-bond acceptors (Lipinski definition) is 7. The predicted octanol–water partition coefficient (Wildman–Crippen LogP) is -13.0. The van der Waals surface area contributed by atoms with E-state index in [1.54, 1.807) is 0 Å². The number of rotatable bonds is 6. The molecule has 0 spiro atoms. The molecular formula is C11H8Li3NO6. The first-order valence-electron chi connectivity index (χ1n) is 4.95. The van der Waals surface area contributed by atoms with Crippen LogP contribution in [0.25, 0.3) is 0 Å². The Morgan fingerprint density at radius 2 is 1.10 bits per heavy atom. The first kappa shape index (κ1) is 25.3. The van der Waals surface area contributed by atoms with Crippen molar-refractivity contribution in [3.8, 4) is 0 Å². The summed E-state index contributed by atoms with van der Waals surface area (Å²) in [7, 11) is 0. The maximum Gasteiger partial charge on any atom is 1.00 e. The van der Waals surface area contributed by atoms with Gasteiger partial charge in [-0.3, -0.25) is 4.98 Å². The average molecular weight is 271 g/mol. The van der Waals surface area contributed by atoms with Crippen LogP contribution in [0.1, 0.15) is 17.0 Å². The first-order chi connectivity index (χ1) is 8.36. The van der Waals surface area contributed by atoms with Crippen LogP contribution in [0.3, 0.4) is 0 Å². The van der Waals surface area contributed by atoms with E-state index in [4.69, 9.17) is 0 Å². The third kappa shape index (κ3) is 10.7. The molecule has 0 bridgehead atoms. The molecule has 7 nitrogen and oxygen atoms in total. The summed E-state index contributed by atoms with van der Waals surface area (Å²) in [5, 5.41) is 31.3. The van der Waals surface area contributed by atoms with E-state index >= 15 is 0 Å². The van der Waals surface area contributed by atoms with Crippen LogP contribution in [0.5, 0.6) is 0 Å². The topological polar surface area (TPSA) is 133 Å². The number of aliphatic carboxylic acids is 3. The number of carboxylic acids is 3. The van der Waals surface area contributed by atoms with Gasteiger partial charge in [0.05, 0.1) is 0 Å². The second kappa shape index (κ2) is 12.0. The summed E-state index contributed by atoms with van der Waals surface area (Å²) < 4.78 is 0. The van der Waals surface area contributed by atoms with Crippen molar-refractivity contribution in [3.63, 3.8) is 0 Å². The largest absolute Gasteiger partial charge is 1.00 e. The van der Waals surface area contributed by atoms with E-state index in [2.05, 4.69) is 4.98 Å². The second-order valence-corrected chi connectivity index (χ2v) is 3.60. The quantitative estimate of drug-likeness (QED) is 0.469. The molecule has 96 valence electrons. The van der Waals surface area contributed by atoms with Gasteiger partial charge in [0.15, 0.2) is 0 Å². The zero-order chi connectivity index (χ0) is 13.7. The fraction of sp³-hybridized carbons (Fsp3) is 0.273. The van der Waals surface area contributed by atoms with Crippen molar-refractivity contribution in [3.05, 3.63) is 29.1 Å². The van der Waals surface area contributed by atoms with E-state index in [-0.39, 0.29) is 73.5 Å². The molecule has 0 saturated carbocycles. The number of hydrogen-bond donors (Lipinski definition) is 0. The van der Waals surface area contributed by atoms with Gasteiger partial charge in [-0.1, -0.05) is 0 Å². The maximum atomic E-state index is 10.4. The van der Waals surface area contributed by atoms with E-state index in [1.807, 2.05) is 0 Å². The molecule has 10 heteroatoms. The molecule has 0 aliphatic rings. The van der Waals surface area contributed by atoms with Gasteiger partial charge in [0.1, 0.15) is 0 Å². The average Bonchev–Trinajstić information content (AvgIpc) is 2.12. The van der Waals surface area contributed by atoms with Gasteiger partial charge in [-0.25, -0.2) is 0 Å². The van der Waals surface area contributed by atoms with E-state index in [0.717, 1.165) is 0 Å². The normalized spacial score (nSPS) is 8.57. The Labute approximate surface area is 157 Å². The molecule has 1 aromatic rings. The molecule has 1 heterocycles. The van der Waals surface area contributed by atoms with E-state index < -0.39 is 37.2 Å². The third-order valence-corrected chi connectivity index (χ3v) is 1.99. The SMILES string of the molecule is O=C([O-])Cc1cc(CC(=O)[O-])nc(CC(=O)[O-])c1.[Li+].[Li+].[Li+]. The monoisotopic (exact) mass is 271 g/mol. The molecule has 0 radical (unpaired) electrons. The van der Waals surface area contributed by atoms with Crippen molar-refractivity contribution in [2.45, 2.75) is 19.3 Å². The minimum atomic E-state index is -1.40. The minimum absolute atomic E-state index is 0. The summed E-state index contributed by atoms with van der Waals surface area (Å²) in [6.45, 7) is 0. The number of carbonyl (C=O) groups excluding carboxylic acids is 3.